The highest BCUT2D eigenvalue weighted by molar-refractivity contribution is 5.83. The van der Waals surface area contributed by atoms with Crippen LogP contribution in [0.15, 0.2) is 30.5 Å². The smallest absolute Gasteiger partial charge is 0.239 e. The molecular weight excluding hydrogens is 250 g/mol. The molecule has 0 saturated heterocycles. The molecule has 0 atom stereocenters. The second kappa shape index (κ2) is 7.10. The number of likely N-dealkylation sites (N-methyl/N-ethyl adjacent to an activating group) is 1. The molecule has 0 spiro atoms. The minimum Gasteiger partial charge on any atom is -0.355 e. The van der Waals surface area contributed by atoms with Gasteiger partial charge in [0.05, 0.1) is 0 Å². The molecule has 1 heterocycles. The molecule has 1 aromatic heterocycles. The van der Waals surface area contributed by atoms with Crippen molar-refractivity contribution >= 4 is 16.8 Å². The van der Waals surface area contributed by atoms with Gasteiger partial charge in [-0.25, -0.2) is 0 Å². The van der Waals surface area contributed by atoms with Crippen molar-refractivity contribution in [3.05, 3.63) is 36.0 Å². The summed E-state index contributed by atoms with van der Waals surface area (Å²) in [6.45, 7) is 7.04. The van der Waals surface area contributed by atoms with E-state index < -0.39 is 0 Å². The van der Waals surface area contributed by atoms with Crippen molar-refractivity contribution in [3.8, 4) is 0 Å². The fourth-order valence-electron chi connectivity index (χ4n) is 2.29. The maximum absolute atomic E-state index is 11.7. The Kier molecular flexibility index (Phi) is 5.18. The summed E-state index contributed by atoms with van der Waals surface area (Å²) < 4.78 is 2.00. The molecule has 0 aliphatic rings. The van der Waals surface area contributed by atoms with E-state index in [1.165, 1.54) is 10.9 Å². The summed E-state index contributed by atoms with van der Waals surface area (Å²) in [4.78, 5) is 11.7. The lowest BCUT2D eigenvalue weighted by molar-refractivity contribution is -0.121. The second-order valence-corrected chi connectivity index (χ2v) is 4.97. The fraction of sp³-hybridized carbons (Fsp3) is 0.438. The predicted molar refractivity (Wildman–Crippen MR) is 82.6 cm³/mol. The molecule has 0 saturated carbocycles. The van der Waals surface area contributed by atoms with Crippen LogP contribution < -0.4 is 10.6 Å². The van der Waals surface area contributed by atoms with E-state index in [0.29, 0.717) is 13.1 Å². The molecule has 1 amide bonds. The molecule has 20 heavy (non-hydrogen) atoms. The number of fused-ring (bicyclic) bond motifs is 1. The molecule has 2 rings (SSSR count). The lowest BCUT2D eigenvalue weighted by Gasteiger charge is -2.08. The van der Waals surface area contributed by atoms with Crippen LogP contribution in [0.3, 0.4) is 0 Å². The van der Waals surface area contributed by atoms with E-state index in [1.807, 2.05) is 17.7 Å². The summed E-state index contributed by atoms with van der Waals surface area (Å²) in [7, 11) is 0. The second-order valence-electron chi connectivity index (χ2n) is 4.97. The van der Waals surface area contributed by atoms with Crippen LogP contribution in [0.2, 0.25) is 0 Å². The van der Waals surface area contributed by atoms with E-state index >= 15 is 0 Å². The zero-order chi connectivity index (χ0) is 14.4. The van der Waals surface area contributed by atoms with E-state index in [4.69, 9.17) is 0 Å². The first kappa shape index (κ1) is 14.6. The number of hydrogen-bond acceptors (Lipinski definition) is 2. The molecule has 0 aliphatic heterocycles. The Balaban J connectivity index is 2.14. The Labute approximate surface area is 120 Å². The van der Waals surface area contributed by atoms with Crippen molar-refractivity contribution in [2.24, 2.45) is 0 Å². The van der Waals surface area contributed by atoms with Crippen molar-refractivity contribution in [1.82, 2.24) is 15.2 Å². The van der Waals surface area contributed by atoms with Gasteiger partial charge in [-0.05, 0) is 43.0 Å². The molecule has 0 bridgehead atoms. The summed E-state index contributed by atoms with van der Waals surface area (Å²) >= 11 is 0. The molecule has 1 aromatic carbocycles. The number of hydrogen-bond donors (Lipinski definition) is 2. The Bertz CT molecular complexity index is 574. The third kappa shape index (κ3) is 3.61. The summed E-state index contributed by atoms with van der Waals surface area (Å²) in [6, 6.07) is 8.48. The highest BCUT2D eigenvalue weighted by atomic mass is 16.1. The van der Waals surface area contributed by atoms with Gasteiger partial charge in [0.2, 0.25) is 5.91 Å². The highest BCUT2D eigenvalue weighted by Gasteiger charge is 2.06. The van der Waals surface area contributed by atoms with Crippen LogP contribution in [-0.4, -0.2) is 23.6 Å². The maximum Gasteiger partial charge on any atom is 0.239 e. The largest absolute Gasteiger partial charge is 0.355 e. The van der Waals surface area contributed by atoms with Crippen molar-refractivity contribution in [2.45, 2.75) is 33.4 Å². The Hall–Kier alpha value is -1.81. The standard InChI is InChI=1S/C16H23N3O/c1-3-8-17-11-13-5-6-14-7-9-19(15(14)10-13)12-16(20)18-4-2/h5-7,9-10,17H,3-4,8,11-12H2,1-2H3,(H,18,20). The lowest BCUT2D eigenvalue weighted by atomic mass is 10.1. The summed E-state index contributed by atoms with van der Waals surface area (Å²) in [5.41, 5.74) is 2.37. The van der Waals surface area contributed by atoms with Crippen molar-refractivity contribution in [3.63, 3.8) is 0 Å². The number of amides is 1. The van der Waals surface area contributed by atoms with Gasteiger partial charge in [-0.1, -0.05) is 19.1 Å². The van der Waals surface area contributed by atoms with Gasteiger partial charge in [-0.15, -0.1) is 0 Å². The van der Waals surface area contributed by atoms with E-state index in [1.54, 1.807) is 0 Å². The third-order valence-electron chi connectivity index (χ3n) is 3.28. The zero-order valence-electron chi connectivity index (χ0n) is 12.3. The lowest BCUT2D eigenvalue weighted by Crippen LogP contribution is -2.26. The van der Waals surface area contributed by atoms with Crippen LogP contribution in [-0.2, 0) is 17.9 Å². The first-order chi connectivity index (χ1) is 9.74. The van der Waals surface area contributed by atoms with E-state index in [9.17, 15) is 4.79 Å². The minimum absolute atomic E-state index is 0.0551. The molecule has 4 heteroatoms. The van der Waals surface area contributed by atoms with Gasteiger partial charge in [-0.2, -0.15) is 0 Å². The summed E-state index contributed by atoms with van der Waals surface area (Å²) in [5.74, 6) is 0.0551. The van der Waals surface area contributed by atoms with Gasteiger partial charge < -0.3 is 15.2 Å². The average molecular weight is 273 g/mol. The molecule has 0 fully saturated rings. The first-order valence-corrected chi connectivity index (χ1v) is 7.29. The Morgan fingerprint density at radius 1 is 1.25 bits per heavy atom. The van der Waals surface area contributed by atoms with E-state index in [-0.39, 0.29) is 5.91 Å². The van der Waals surface area contributed by atoms with Gasteiger partial charge in [0.15, 0.2) is 0 Å². The minimum atomic E-state index is 0.0551. The van der Waals surface area contributed by atoms with E-state index in [0.717, 1.165) is 25.0 Å². The summed E-state index contributed by atoms with van der Waals surface area (Å²) in [6.07, 6.45) is 3.11. The zero-order valence-corrected chi connectivity index (χ0v) is 12.3. The number of nitrogens with zero attached hydrogens (tertiary/aromatic N) is 1. The van der Waals surface area contributed by atoms with Crippen LogP contribution in [0.5, 0.6) is 0 Å². The third-order valence-corrected chi connectivity index (χ3v) is 3.28. The van der Waals surface area contributed by atoms with Gasteiger partial charge >= 0.3 is 0 Å². The normalized spacial score (nSPS) is 10.9. The van der Waals surface area contributed by atoms with Gasteiger partial charge in [-0.3, -0.25) is 4.79 Å². The number of nitrogens with one attached hydrogen (secondary N) is 2. The molecule has 108 valence electrons. The van der Waals surface area contributed by atoms with Crippen molar-refractivity contribution < 1.29 is 4.79 Å². The molecule has 4 nitrogen and oxygen atoms in total. The van der Waals surface area contributed by atoms with Crippen LogP contribution in [0.1, 0.15) is 25.8 Å². The number of benzene rings is 1. The molecule has 2 aromatic rings. The molecule has 0 unspecified atom stereocenters. The first-order valence-electron chi connectivity index (χ1n) is 7.29. The van der Waals surface area contributed by atoms with Gasteiger partial charge in [0, 0.05) is 24.8 Å². The molecule has 0 radical (unpaired) electrons. The van der Waals surface area contributed by atoms with Gasteiger partial charge in [0.25, 0.3) is 0 Å². The van der Waals surface area contributed by atoms with Crippen LogP contribution in [0.4, 0.5) is 0 Å². The van der Waals surface area contributed by atoms with Crippen LogP contribution in [0, 0.1) is 0 Å². The topological polar surface area (TPSA) is 46.1 Å². The monoisotopic (exact) mass is 273 g/mol. The maximum atomic E-state index is 11.7. The molecule has 0 aliphatic carbocycles. The molecule has 2 N–H and O–H groups in total. The van der Waals surface area contributed by atoms with Crippen molar-refractivity contribution in [1.29, 1.82) is 0 Å². The number of carbonyl (C=O) groups excluding carboxylic acids is 1. The fourth-order valence-corrected chi connectivity index (χ4v) is 2.29. The number of aromatic nitrogens is 1. The van der Waals surface area contributed by atoms with E-state index in [2.05, 4.69) is 41.8 Å². The summed E-state index contributed by atoms with van der Waals surface area (Å²) in [5, 5.41) is 7.41. The Morgan fingerprint density at radius 3 is 2.85 bits per heavy atom. The highest BCUT2D eigenvalue weighted by Crippen LogP contribution is 2.17. The van der Waals surface area contributed by atoms with Crippen LogP contribution >= 0.6 is 0 Å². The quantitative estimate of drug-likeness (QED) is 0.760. The molecular formula is C16H23N3O. The Morgan fingerprint density at radius 2 is 2.10 bits per heavy atom. The van der Waals surface area contributed by atoms with Crippen molar-refractivity contribution in [2.75, 3.05) is 13.1 Å². The number of carbonyl (C=O) groups is 1. The van der Waals surface area contributed by atoms with Crippen LogP contribution in [0.25, 0.3) is 10.9 Å². The number of rotatable bonds is 7. The average Bonchev–Trinajstić information content (AvgIpc) is 2.82. The SMILES string of the molecule is CCCNCc1ccc2ccn(CC(=O)NCC)c2c1. The predicted octanol–water partition coefficient (Wildman–Crippen LogP) is 2.28. The van der Waals surface area contributed by atoms with Gasteiger partial charge in [0.1, 0.15) is 6.54 Å².